The molecule has 0 aliphatic rings. The van der Waals surface area contributed by atoms with Crippen LogP contribution >= 0.6 is 11.3 Å². The third-order valence-corrected chi connectivity index (χ3v) is 6.68. The highest BCUT2D eigenvalue weighted by molar-refractivity contribution is 7.21. The average Bonchev–Trinajstić information content (AvgIpc) is 3.10. The molecule has 0 fully saturated rings. The van der Waals surface area contributed by atoms with E-state index in [0.717, 1.165) is 52.3 Å². The molecule has 3 rings (SSSR count). The van der Waals surface area contributed by atoms with Crippen LogP contribution in [0.15, 0.2) is 42.5 Å². The largest absolute Gasteiger partial charge is 0.488 e. The van der Waals surface area contributed by atoms with E-state index in [2.05, 4.69) is 83.1 Å². The van der Waals surface area contributed by atoms with Gasteiger partial charge in [-0.2, -0.15) is 0 Å². The first-order valence-electron chi connectivity index (χ1n) is 10.7. The van der Waals surface area contributed by atoms with Crippen LogP contribution in [0.3, 0.4) is 0 Å². The zero-order chi connectivity index (χ0) is 21.9. The van der Waals surface area contributed by atoms with Gasteiger partial charge in [0.25, 0.3) is 0 Å². The minimum absolute atomic E-state index is 0.227. The monoisotopic (exact) mass is 425 g/mol. The Morgan fingerprint density at radius 2 is 1.67 bits per heavy atom. The van der Waals surface area contributed by atoms with Crippen molar-refractivity contribution >= 4 is 27.2 Å². The van der Waals surface area contributed by atoms with E-state index in [-0.39, 0.29) is 11.0 Å². The van der Waals surface area contributed by atoms with Crippen LogP contribution in [0.1, 0.15) is 47.0 Å². The van der Waals surface area contributed by atoms with Crippen molar-refractivity contribution in [3.05, 3.63) is 42.5 Å². The molecule has 1 heterocycles. The molecule has 0 aliphatic carbocycles. The summed E-state index contributed by atoms with van der Waals surface area (Å²) >= 11 is 1.71. The fraction of sp³-hybridized carbons (Fsp3) is 0.480. The molecular weight excluding hydrogens is 390 g/mol. The van der Waals surface area contributed by atoms with Crippen LogP contribution in [-0.2, 0) is 0 Å². The summed E-state index contributed by atoms with van der Waals surface area (Å²) in [5, 5.41) is 1.04. The summed E-state index contributed by atoms with van der Waals surface area (Å²) in [5.41, 5.74) is 9.12. The molecule has 2 aromatic carbocycles. The Balaban J connectivity index is 1.74. The van der Waals surface area contributed by atoms with Crippen LogP contribution < -0.4 is 15.4 Å². The van der Waals surface area contributed by atoms with Gasteiger partial charge < -0.3 is 15.4 Å². The SMILES string of the molecule is CN(C)c1ccc(-c2nc3ccc(OC(C)(C)CCC(C)(C)CCN)cc3s2)cc1. The topological polar surface area (TPSA) is 51.4 Å². The van der Waals surface area contributed by atoms with Crippen molar-refractivity contribution in [2.24, 2.45) is 11.1 Å². The second-order valence-electron chi connectivity index (χ2n) is 9.65. The van der Waals surface area contributed by atoms with Crippen molar-refractivity contribution < 1.29 is 4.74 Å². The van der Waals surface area contributed by atoms with Crippen LogP contribution in [0.2, 0.25) is 0 Å². The van der Waals surface area contributed by atoms with E-state index in [1.807, 2.05) is 6.07 Å². The first-order valence-corrected chi connectivity index (χ1v) is 11.5. The van der Waals surface area contributed by atoms with Gasteiger partial charge in [0.05, 0.1) is 10.2 Å². The van der Waals surface area contributed by atoms with Crippen molar-refractivity contribution in [2.75, 3.05) is 25.5 Å². The number of thiazole rings is 1. The summed E-state index contributed by atoms with van der Waals surface area (Å²) in [6, 6.07) is 14.8. The maximum absolute atomic E-state index is 6.38. The molecule has 0 saturated heterocycles. The molecule has 0 bridgehead atoms. The van der Waals surface area contributed by atoms with E-state index in [4.69, 9.17) is 15.5 Å². The van der Waals surface area contributed by atoms with E-state index < -0.39 is 0 Å². The first-order chi connectivity index (χ1) is 14.1. The summed E-state index contributed by atoms with van der Waals surface area (Å²) in [4.78, 5) is 6.92. The van der Waals surface area contributed by atoms with Crippen molar-refractivity contribution in [2.45, 2.75) is 52.6 Å². The van der Waals surface area contributed by atoms with Crippen LogP contribution in [0.5, 0.6) is 5.75 Å². The number of fused-ring (bicyclic) bond motifs is 1. The first kappa shape index (κ1) is 22.6. The maximum Gasteiger partial charge on any atom is 0.124 e. The number of nitrogens with two attached hydrogens (primary N) is 1. The number of aromatic nitrogens is 1. The molecule has 5 heteroatoms. The Labute approximate surface area is 185 Å². The highest BCUT2D eigenvalue weighted by atomic mass is 32.1. The van der Waals surface area contributed by atoms with Gasteiger partial charge >= 0.3 is 0 Å². The molecule has 0 atom stereocenters. The Bertz CT molecular complexity index is 974. The molecule has 2 N–H and O–H groups in total. The van der Waals surface area contributed by atoms with Crippen molar-refractivity contribution in [3.8, 4) is 16.3 Å². The summed E-state index contributed by atoms with van der Waals surface area (Å²) in [6.45, 7) is 9.63. The normalized spacial score (nSPS) is 12.4. The summed E-state index contributed by atoms with van der Waals surface area (Å²) in [6.07, 6.45) is 3.12. The summed E-state index contributed by atoms with van der Waals surface area (Å²) < 4.78 is 7.53. The third kappa shape index (κ3) is 5.73. The molecule has 0 radical (unpaired) electrons. The Hall–Kier alpha value is -2.11. The lowest BCUT2D eigenvalue weighted by Crippen LogP contribution is -2.30. The average molecular weight is 426 g/mol. The molecule has 4 nitrogen and oxygen atoms in total. The maximum atomic E-state index is 6.38. The van der Waals surface area contributed by atoms with E-state index in [1.165, 1.54) is 5.69 Å². The summed E-state index contributed by atoms with van der Waals surface area (Å²) in [5.74, 6) is 0.905. The van der Waals surface area contributed by atoms with E-state index in [9.17, 15) is 0 Å². The predicted octanol–water partition coefficient (Wildman–Crippen LogP) is 6.34. The van der Waals surface area contributed by atoms with Gasteiger partial charge in [-0.05, 0) is 87.5 Å². The molecular formula is C25H35N3OS. The quantitative estimate of drug-likeness (QED) is 0.434. The van der Waals surface area contributed by atoms with Crippen LogP contribution in [0.4, 0.5) is 5.69 Å². The molecule has 30 heavy (non-hydrogen) atoms. The second-order valence-corrected chi connectivity index (χ2v) is 10.7. The smallest absolute Gasteiger partial charge is 0.124 e. The molecule has 1 aromatic heterocycles. The van der Waals surface area contributed by atoms with E-state index in [1.54, 1.807) is 11.3 Å². The fourth-order valence-electron chi connectivity index (χ4n) is 3.52. The number of benzene rings is 2. The van der Waals surface area contributed by atoms with Gasteiger partial charge in [-0.1, -0.05) is 13.8 Å². The zero-order valence-electron chi connectivity index (χ0n) is 19.2. The van der Waals surface area contributed by atoms with Gasteiger partial charge in [-0.3, -0.25) is 0 Å². The third-order valence-electron chi connectivity index (χ3n) is 5.61. The lowest BCUT2D eigenvalue weighted by molar-refractivity contribution is 0.0816. The molecule has 162 valence electrons. The minimum atomic E-state index is -0.227. The Morgan fingerprint density at radius 1 is 0.967 bits per heavy atom. The fourth-order valence-corrected chi connectivity index (χ4v) is 4.52. The predicted molar refractivity (Wildman–Crippen MR) is 131 cm³/mol. The van der Waals surface area contributed by atoms with Gasteiger partial charge in [-0.15, -0.1) is 11.3 Å². The van der Waals surface area contributed by atoms with Gasteiger partial charge in [-0.25, -0.2) is 4.98 Å². The van der Waals surface area contributed by atoms with Gasteiger partial charge in [0.2, 0.25) is 0 Å². The molecule has 0 spiro atoms. The lowest BCUT2D eigenvalue weighted by atomic mass is 9.81. The van der Waals surface area contributed by atoms with Gasteiger partial charge in [0.15, 0.2) is 0 Å². The molecule has 0 saturated carbocycles. The number of ether oxygens (including phenoxy) is 1. The van der Waals surface area contributed by atoms with Crippen molar-refractivity contribution in [3.63, 3.8) is 0 Å². The standard InChI is InChI=1S/C25H35N3OS/c1-24(2,15-16-26)13-14-25(3,4)29-20-11-12-21-22(17-20)30-23(27-21)18-7-9-19(10-8-18)28(5)6/h7-12,17H,13-16,26H2,1-6H3. The van der Waals surface area contributed by atoms with Gasteiger partial charge in [0.1, 0.15) is 16.4 Å². The number of rotatable bonds is 9. The molecule has 0 aliphatic heterocycles. The lowest BCUT2D eigenvalue weighted by Gasteiger charge is -2.31. The highest BCUT2D eigenvalue weighted by Gasteiger charge is 2.25. The van der Waals surface area contributed by atoms with E-state index in [0.29, 0.717) is 0 Å². The minimum Gasteiger partial charge on any atom is -0.488 e. The van der Waals surface area contributed by atoms with Gasteiger partial charge in [0, 0.05) is 25.3 Å². The number of hydrogen-bond donors (Lipinski definition) is 1. The van der Waals surface area contributed by atoms with Crippen LogP contribution in [0.25, 0.3) is 20.8 Å². The molecule has 3 aromatic rings. The van der Waals surface area contributed by atoms with E-state index >= 15 is 0 Å². The van der Waals surface area contributed by atoms with Crippen molar-refractivity contribution in [1.29, 1.82) is 0 Å². The zero-order valence-corrected chi connectivity index (χ0v) is 20.0. The number of hydrogen-bond acceptors (Lipinski definition) is 5. The summed E-state index contributed by atoms with van der Waals surface area (Å²) in [7, 11) is 4.10. The number of anilines is 1. The Kier molecular flexibility index (Phi) is 6.73. The second kappa shape index (κ2) is 8.94. The van der Waals surface area contributed by atoms with Crippen molar-refractivity contribution in [1.82, 2.24) is 4.98 Å². The highest BCUT2D eigenvalue weighted by Crippen LogP contribution is 2.35. The Morgan fingerprint density at radius 3 is 2.30 bits per heavy atom. The molecule has 0 unspecified atom stereocenters. The number of nitrogens with zero attached hydrogens (tertiary/aromatic N) is 2. The molecule has 0 amide bonds. The van der Waals surface area contributed by atoms with Crippen LogP contribution in [0, 0.1) is 5.41 Å². The van der Waals surface area contributed by atoms with Crippen LogP contribution in [-0.4, -0.2) is 31.2 Å².